The Labute approximate surface area is 266 Å². The maximum Gasteiger partial charge on any atom is 0.261 e. The Hall–Kier alpha value is -2.35. The molecule has 0 bridgehead atoms. The van der Waals surface area contributed by atoms with Gasteiger partial charge in [-0.1, -0.05) is 171 Å². The zero-order valence-electron chi connectivity index (χ0n) is 28.4. The predicted octanol–water partition coefficient (Wildman–Crippen LogP) is 11.8. The molecule has 0 aliphatic carbocycles. The Morgan fingerprint density at radius 3 is 1.63 bits per heavy atom. The zero-order chi connectivity index (χ0) is 30.4. The van der Waals surface area contributed by atoms with E-state index in [1.807, 2.05) is 0 Å². The highest BCUT2D eigenvalue weighted by Gasteiger charge is 2.25. The molecule has 0 saturated carbocycles. The number of unbranched alkanes of at least 4 members (excludes halogenated alkanes) is 16. The number of hydrogen-bond donors (Lipinski definition) is 0. The maximum absolute atomic E-state index is 2.74. The first kappa shape index (κ1) is 35.1. The van der Waals surface area contributed by atoms with Gasteiger partial charge in [-0.05, 0) is 42.7 Å². The van der Waals surface area contributed by atoms with Crippen molar-refractivity contribution in [1.29, 1.82) is 0 Å². The van der Waals surface area contributed by atoms with Crippen molar-refractivity contribution in [2.45, 2.75) is 168 Å². The van der Waals surface area contributed by atoms with E-state index in [1.54, 1.807) is 0 Å². The van der Waals surface area contributed by atoms with E-state index in [9.17, 15) is 0 Å². The third-order valence-corrected chi connectivity index (χ3v) is 9.37. The molecular weight excluding hydrogens is 520 g/mol. The lowest BCUT2D eigenvalue weighted by Crippen LogP contribution is -2.37. The molecule has 1 atom stereocenters. The van der Waals surface area contributed by atoms with Crippen LogP contribution < -0.4 is 4.57 Å². The molecule has 0 saturated heterocycles. The van der Waals surface area contributed by atoms with E-state index >= 15 is 0 Å². The molecule has 3 rings (SSSR count). The molecule has 238 valence electrons. The van der Waals surface area contributed by atoms with Gasteiger partial charge in [-0.15, -0.1) is 0 Å². The maximum atomic E-state index is 2.74. The molecule has 2 heteroatoms. The summed E-state index contributed by atoms with van der Waals surface area (Å²) in [6.45, 7) is 9.32. The highest BCUT2D eigenvalue weighted by molar-refractivity contribution is 5.22. The summed E-state index contributed by atoms with van der Waals surface area (Å²) >= 11 is 0. The molecule has 43 heavy (non-hydrogen) atoms. The minimum atomic E-state index is 0.517. The summed E-state index contributed by atoms with van der Waals surface area (Å²) in [7, 11) is 0. The van der Waals surface area contributed by atoms with Gasteiger partial charge in [0.2, 0.25) is 0 Å². The van der Waals surface area contributed by atoms with Crippen molar-refractivity contribution in [3.63, 3.8) is 0 Å². The van der Waals surface area contributed by atoms with Crippen molar-refractivity contribution in [3.05, 3.63) is 89.5 Å². The zero-order valence-corrected chi connectivity index (χ0v) is 28.4. The summed E-state index contributed by atoms with van der Waals surface area (Å²) in [5, 5.41) is 0. The molecule has 1 aromatic heterocycles. The van der Waals surface area contributed by atoms with E-state index in [4.69, 9.17) is 0 Å². The van der Waals surface area contributed by atoms with Crippen molar-refractivity contribution < 1.29 is 4.57 Å². The molecule has 1 heterocycles. The Kier molecular flexibility index (Phi) is 18.1. The average Bonchev–Trinajstić information content (AvgIpc) is 3.35. The number of aryl methyl sites for hydroxylation is 1. The van der Waals surface area contributed by atoms with E-state index < -0.39 is 0 Å². The number of hydrogen-bond acceptors (Lipinski definition) is 0. The van der Waals surface area contributed by atoms with Crippen LogP contribution >= 0.6 is 0 Å². The minimum absolute atomic E-state index is 0.517. The van der Waals surface area contributed by atoms with Gasteiger partial charge in [0.25, 0.3) is 5.82 Å². The van der Waals surface area contributed by atoms with Crippen LogP contribution in [0.2, 0.25) is 0 Å². The van der Waals surface area contributed by atoms with Crippen LogP contribution in [0.25, 0.3) is 0 Å². The number of imidazole rings is 1. The van der Waals surface area contributed by atoms with Crippen LogP contribution in [0.4, 0.5) is 0 Å². The minimum Gasteiger partial charge on any atom is -0.234 e. The molecular formula is C41H65N2+. The third kappa shape index (κ3) is 13.9. The monoisotopic (exact) mass is 586 g/mol. The highest BCUT2D eigenvalue weighted by Crippen LogP contribution is 2.23. The van der Waals surface area contributed by atoms with Crippen molar-refractivity contribution in [2.75, 3.05) is 0 Å². The standard InChI is InChI=1S/C41H65N2/c1-4-6-8-10-12-14-16-18-26-32-42-36-40(34-37(3)39-30-24-21-25-31-39)43(41(42)35-38-28-22-20-23-29-38)33-27-19-17-15-13-11-9-7-5-2/h20-25,28-31,36-37H,4-19,26-27,32-35H2,1-3H3/q+1. The molecule has 3 aromatic rings. The lowest BCUT2D eigenvalue weighted by molar-refractivity contribution is -0.704. The van der Waals surface area contributed by atoms with E-state index in [0.717, 1.165) is 25.9 Å². The lowest BCUT2D eigenvalue weighted by atomic mass is 9.96. The Morgan fingerprint density at radius 1 is 0.581 bits per heavy atom. The molecule has 0 radical (unpaired) electrons. The quantitative estimate of drug-likeness (QED) is 0.0690. The van der Waals surface area contributed by atoms with Gasteiger partial charge in [-0.25, -0.2) is 9.13 Å². The highest BCUT2D eigenvalue weighted by atomic mass is 15.2. The van der Waals surface area contributed by atoms with Gasteiger partial charge in [0, 0.05) is 6.42 Å². The molecule has 2 nitrogen and oxygen atoms in total. The number of rotatable bonds is 25. The molecule has 0 spiro atoms. The van der Waals surface area contributed by atoms with Gasteiger partial charge in [-0.3, -0.25) is 0 Å². The van der Waals surface area contributed by atoms with Gasteiger partial charge < -0.3 is 0 Å². The van der Waals surface area contributed by atoms with Gasteiger partial charge in [0.1, 0.15) is 11.9 Å². The Morgan fingerprint density at radius 2 is 1.07 bits per heavy atom. The van der Waals surface area contributed by atoms with Crippen LogP contribution in [0.15, 0.2) is 66.9 Å². The number of benzene rings is 2. The first-order valence-corrected chi connectivity index (χ1v) is 18.4. The number of aromatic nitrogens is 2. The van der Waals surface area contributed by atoms with Crippen molar-refractivity contribution >= 4 is 0 Å². The van der Waals surface area contributed by atoms with E-state index in [1.165, 1.54) is 138 Å². The summed E-state index contributed by atoms with van der Waals surface area (Å²) in [5.74, 6) is 2.03. The van der Waals surface area contributed by atoms with Crippen LogP contribution in [0.5, 0.6) is 0 Å². The fourth-order valence-corrected chi connectivity index (χ4v) is 6.64. The fraction of sp³-hybridized carbons (Fsp3) is 0.634. The van der Waals surface area contributed by atoms with Crippen molar-refractivity contribution in [1.82, 2.24) is 4.57 Å². The van der Waals surface area contributed by atoms with Gasteiger partial charge in [0.15, 0.2) is 0 Å². The van der Waals surface area contributed by atoms with Gasteiger partial charge in [0.05, 0.1) is 19.5 Å². The summed E-state index contributed by atoms with van der Waals surface area (Å²) < 4.78 is 5.39. The summed E-state index contributed by atoms with van der Waals surface area (Å²) in [4.78, 5) is 0. The molecule has 2 aromatic carbocycles. The molecule has 0 aliphatic rings. The van der Waals surface area contributed by atoms with Crippen molar-refractivity contribution in [2.24, 2.45) is 0 Å². The normalized spacial score (nSPS) is 12.2. The molecule has 0 aliphatic heterocycles. The summed E-state index contributed by atoms with van der Waals surface area (Å²) in [5.41, 5.74) is 4.41. The smallest absolute Gasteiger partial charge is 0.234 e. The van der Waals surface area contributed by atoms with Crippen LogP contribution in [0.1, 0.15) is 165 Å². The summed E-state index contributed by atoms with van der Waals surface area (Å²) in [6.07, 6.45) is 29.5. The second kappa shape index (κ2) is 22.2. The second-order valence-electron chi connectivity index (χ2n) is 13.2. The molecule has 1 unspecified atom stereocenters. The van der Waals surface area contributed by atoms with Gasteiger partial charge >= 0.3 is 0 Å². The molecule has 0 fully saturated rings. The average molecular weight is 586 g/mol. The Bertz CT molecular complexity index is 1070. The lowest BCUT2D eigenvalue weighted by Gasteiger charge is -2.12. The molecule has 0 N–H and O–H groups in total. The first-order chi connectivity index (χ1) is 21.2. The number of nitrogens with zero attached hydrogens (tertiary/aromatic N) is 2. The third-order valence-electron chi connectivity index (χ3n) is 9.37. The molecule has 0 amide bonds. The second-order valence-corrected chi connectivity index (χ2v) is 13.2. The van der Waals surface area contributed by atoms with Crippen LogP contribution in [-0.4, -0.2) is 4.57 Å². The van der Waals surface area contributed by atoms with E-state index in [0.29, 0.717) is 5.92 Å². The first-order valence-electron chi connectivity index (χ1n) is 18.4. The van der Waals surface area contributed by atoms with Gasteiger partial charge in [-0.2, -0.15) is 0 Å². The Balaban J connectivity index is 1.68. The van der Waals surface area contributed by atoms with E-state index in [-0.39, 0.29) is 0 Å². The largest absolute Gasteiger partial charge is 0.261 e. The fourth-order valence-electron chi connectivity index (χ4n) is 6.64. The van der Waals surface area contributed by atoms with Crippen LogP contribution in [0.3, 0.4) is 0 Å². The topological polar surface area (TPSA) is 8.81 Å². The van der Waals surface area contributed by atoms with E-state index in [2.05, 4.69) is 96.8 Å². The van der Waals surface area contributed by atoms with Crippen LogP contribution in [-0.2, 0) is 25.9 Å². The predicted molar refractivity (Wildman–Crippen MR) is 187 cm³/mol. The summed E-state index contributed by atoms with van der Waals surface area (Å²) in [6, 6.07) is 22.3. The SMILES string of the molecule is CCCCCCCCCCCn1c(CC(C)c2ccccc2)c[n+](CCCCCCCCCCC)c1Cc1ccccc1. The van der Waals surface area contributed by atoms with Crippen molar-refractivity contribution in [3.8, 4) is 0 Å². The van der Waals surface area contributed by atoms with Crippen LogP contribution in [0, 0.1) is 0 Å².